The van der Waals surface area contributed by atoms with Gasteiger partial charge in [0.1, 0.15) is 0 Å². The van der Waals surface area contributed by atoms with Crippen LogP contribution in [0.2, 0.25) is 0 Å². The topological polar surface area (TPSA) is 40.5 Å². The van der Waals surface area contributed by atoms with Gasteiger partial charge in [-0.25, -0.2) is 0 Å². The molecule has 0 atom stereocenters. The highest BCUT2D eigenvalue weighted by Crippen LogP contribution is 2.53. The zero-order chi connectivity index (χ0) is 24.2. The number of benzene rings is 2. The van der Waals surface area contributed by atoms with Crippen molar-refractivity contribution in [2.24, 2.45) is 0 Å². The average Bonchev–Trinajstić information content (AvgIpc) is 3.13. The Hall–Kier alpha value is -3.36. The monoisotopic (exact) mass is 448 g/mol. The first-order valence-electron chi connectivity index (χ1n) is 11.9. The quantitative estimate of drug-likeness (QED) is 0.168. The summed E-state index contributed by atoms with van der Waals surface area (Å²) in [5.41, 5.74) is 8.77. The van der Waals surface area contributed by atoms with Crippen molar-refractivity contribution in [1.29, 1.82) is 0 Å². The van der Waals surface area contributed by atoms with Crippen LogP contribution in [-0.2, 0) is 5.41 Å². The maximum Gasteiger partial charge on any atom is 0.489 e. The molecule has 0 aliphatic heterocycles. The van der Waals surface area contributed by atoms with Gasteiger partial charge in [0.25, 0.3) is 0 Å². The first-order chi connectivity index (χ1) is 16.6. The van der Waals surface area contributed by atoms with Gasteiger partial charge >= 0.3 is 7.12 Å². The fourth-order valence-corrected chi connectivity index (χ4v) is 4.64. The molecule has 0 amide bonds. The molecule has 1 aliphatic rings. The van der Waals surface area contributed by atoms with E-state index in [9.17, 15) is 10.0 Å². The lowest BCUT2D eigenvalue weighted by Crippen LogP contribution is -2.24. The van der Waals surface area contributed by atoms with E-state index in [1.807, 2.05) is 25.2 Å². The molecule has 2 nitrogen and oxygen atoms in total. The van der Waals surface area contributed by atoms with Crippen molar-refractivity contribution in [1.82, 2.24) is 0 Å². The highest BCUT2D eigenvalue weighted by Gasteiger charge is 2.41. The predicted octanol–water partition coefficient (Wildman–Crippen LogP) is 7.04. The summed E-state index contributed by atoms with van der Waals surface area (Å²) in [6.45, 7) is 5.64. The van der Waals surface area contributed by atoms with E-state index in [4.69, 9.17) is 0 Å². The maximum absolute atomic E-state index is 9.46. The number of hydrogen-bond acceptors (Lipinski definition) is 2. The van der Waals surface area contributed by atoms with Gasteiger partial charge in [0.2, 0.25) is 0 Å². The number of allylic oxidation sites excluding steroid dienone is 10. The van der Waals surface area contributed by atoms with Crippen molar-refractivity contribution in [3.05, 3.63) is 138 Å². The second-order valence-corrected chi connectivity index (χ2v) is 8.37. The van der Waals surface area contributed by atoms with E-state index in [-0.39, 0.29) is 5.41 Å². The Morgan fingerprint density at radius 1 is 0.971 bits per heavy atom. The van der Waals surface area contributed by atoms with Gasteiger partial charge in [-0.15, -0.1) is 5.73 Å². The molecule has 34 heavy (non-hydrogen) atoms. The summed E-state index contributed by atoms with van der Waals surface area (Å²) < 4.78 is 0. The molecule has 2 aromatic rings. The second-order valence-electron chi connectivity index (χ2n) is 8.37. The van der Waals surface area contributed by atoms with E-state index in [2.05, 4.69) is 85.1 Å². The third kappa shape index (κ3) is 5.95. The molecule has 0 radical (unpaired) electrons. The number of rotatable bonds is 11. The molecular formula is C31H33BO2. The minimum Gasteiger partial charge on any atom is -0.423 e. The molecule has 0 heterocycles. The molecule has 0 bridgehead atoms. The van der Waals surface area contributed by atoms with E-state index in [0.717, 1.165) is 25.7 Å². The minimum atomic E-state index is -1.54. The Balaban J connectivity index is 1.90. The zero-order valence-corrected chi connectivity index (χ0v) is 19.9. The second kappa shape index (κ2) is 12.8. The molecule has 3 rings (SSSR count). The smallest absolute Gasteiger partial charge is 0.423 e. The molecule has 0 unspecified atom stereocenters. The number of hydrogen-bond donors (Lipinski definition) is 2. The van der Waals surface area contributed by atoms with Gasteiger partial charge in [0.05, 0.1) is 0 Å². The van der Waals surface area contributed by atoms with Crippen molar-refractivity contribution in [2.75, 3.05) is 0 Å². The molecule has 0 saturated heterocycles. The van der Waals surface area contributed by atoms with Crippen LogP contribution in [0, 0.1) is 0 Å². The third-order valence-electron chi connectivity index (χ3n) is 6.21. The normalized spacial score (nSPS) is 14.3. The fourth-order valence-electron chi connectivity index (χ4n) is 4.64. The summed E-state index contributed by atoms with van der Waals surface area (Å²) in [4.78, 5) is 0. The summed E-state index contributed by atoms with van der Waals surface area (Å²) in [6, 6.07) is 17.5. The van der Waals surface area contributed by atoms with E-state index < -0.39 is 7.12 Å². The van der Waals surface area contributed by atoms with Crippen LogP contribution in [0.25, 0.3) is 11.1 Å². The fraction of sp³-hybridized carbons (Fsp3) is 0.194. The van der Waals surface area contributed by atoms with Gasteiger partial charge < -0.3 is 10.0 Å². The largest absolute Gasteiger partial charge is 0.489 e. The van der Waals surface area contributed by atoms with Crippen LogP contribution in [0.3, 0.4) is 0 Å². The Morgan fingerprint density at radius 3 is 2.26 bits per heavy atom. The van der Waals surface area contributed by atoms with Crippen LogP contribution >= 0.6 is 0 Å². The van der Waals surface area contributed by atoms with Crippen LogP contribution in [0.15, 0.2) is 127 Å². The molecule has 1 aliphatic carbocycles. The van der Waals surface area contributed by atoms with Crippen molar-refractivity contribution in [3.8, 4) is 11.1 Å². The van der Waals surface area contributed by atoms with E-state index in [0.29, 0.717) is 5.47 Å². The molecule has 0 saturated carbocycles. The van der Waals surface area contributed by atoms with Crippen LogP contribution in [0.5, 0.6) is 0 Å². The van der Waals surface area contributed by atoms with Crippen molar-refractivity contribution >= 4 is 7.12 Å². The van der Waals surface area contributed by atoms with Gasteiger partial charge in [-0.1, -0.05) is 104 Å². The van der Waals surface area contributed by atoms with Gasteiger partial charge in [-0.2, -0.15) is 0 Å². The summed E-state index contributed by atoms with van der Waals surface area (Å²) >= 11 is 0. The summed E-state index contributed by atoms with van der Waals surface area (Å²) in [5.74, 6) is 0. The van der Waals surface area contributed by atoms with Gasteiger partial charge in [-0.3, -0.25) is 0 Å². The number of fused-ring (bicyclic) bond motifs is 3. The molecule has 3 heteroatoms. The molecule has 2 N–H and O–H groups in total. The van der Waals surface area contributed by atoms with Crippen molar-refractivity contribution in [2.45, 2.75) is 38.0 Å². The van der Waals surface area contributed by atoms with Crippen LogP contribution in [0.1, 0.15) is 43.7 Å². The molecule has 172 valence electrons. The molecular weight excluding hydrogens is 415 g/mol. The van der Waals surface area contributed by atoms with E-state index in [1.54, 1.807) is 12.2 Å². The van der Waals surface area contributed by atoms with Crippen LogP contribution in [0.4, 0.5) is 0 Å². The van der Waals surface area contributed by atoms with Crippen LogP contribution in [-0.4, -0.2) is 17.2 Å². The lowest BCUT2D eigenvalue weighted by atomic mass is 9.72. The molecule has 0 fully saturated rings. The first-order valence-corrected chi connectivity index (χ1v) is 11.9. The minimum absolute atomic E-state index is 0.106. The Morgan fingerprint density at radius 2 is 1.65 bits per heavy atom. The van der Waals surface area contributed by atoms with Gasteiger partial charge in [0.15, 0.2) is 0 Å². The Kier molecular flexibility index (Phi) is 9.49. The van der Waals surface area contributed by atoms with Crippen molar-refractivity contribution in [3.63, 3.8) is 0 Å². The lowest BCUT2D eigenvalue weighted by Gasteiger charge is -2.31. The van der Waals surface area contributed by atoms with Gasteiger partial charge in [-0.05, 0) is 72.5 Å². The summed E-state index contributed by atoms with van der Waals surface area (Å²) in [6.07, 6.45) is 23.2. The highest BCUT2D eigenvalue weighted by molar-refractivity contribution is 6.51. The summed E-state index contributed by atoms with van der Waals surface area (Å²) in [5, 5.41) is 18.9. The van der Waals surface area contributed by atoms with Gasteiger partial charge in [0, 0.05) is 5.41 Å². The van der Waals surface area contributed by atoms with Crippen molar-refractivity contribution < 1.29 is 10.0 Å². The third-order valence-corrected chi connectivity index (χ3v) is 6.21. The Labute approximate surface area is 204 Å². The zero-order valence-electron chi connectivity index (χ0n) is 19.9. The lowest BCUT2D eigenvalue weighted by molar-refractivity contribution is 0.420. The highest BCUT2D eigenvalue weighted by atomic mass is 16.4. The standard InChI is InChI=1S/C31H33BO2/c1-3-5-6-7-8-9-16-24-31(25-17-10-11-19-26(18-4-2)32(33)34)29-22-14-12-20-27(29)28-21-13-15-23-30(28)31/h3-7,9-10,12-16,18-23,33-34H,2,8,17,24-25H2,1H3/b5-3-,7-6-,16-9+,26-18+. The first kappa shape index (κ1) is 25.3. The molecule has 0 aromatic heterocycles. The maximum atomic E-state index is 9.46. The average molecular weight is 448 g/mol. The molecule has 2 aromatic carbocycles. The molecule has 0 spiro atoms. The van der Waals surface area contributed by atoms with E-state index in [1.165, 1.54) is 28.3 Å². The SMILES string of the molecule is C=C/C=C(\C=C=CCCC1(C/C=C/C/C=C\C=C/C)c2ccccc2-c2ccccc21)B(O)O. The van der Waals surface area contributed by atoms with Crippen LogP contribution < -0.4 is 0 Å². The summed E-state index contributed by atoms with van der Waals surface area (Å²) in [7, 11) is -1.54. The van der Waals surface area contributed by atoms with E-state index >= 15 is 0 Å². The predicted molar refractivity (Wildman–Crippen MR) is 145 cm³/mol. The Bertz CT molecular complexity index is 1110.